The van der Waals surface area contributed by atoms with Gasteiger partial charge in [-0.15, -0.1) is 0 Å². The van der Waals surface area contributed by atoms with Crippen LogP contribution in [0.25, 0.3) is 0 Å². The van der Waals surface area contributed by atoms with Gasteiger partial charge in [0.2, 0.25) is 11.8 Å². The molecule has 0 unspecified atom stereocenters. The van der Waals surface area contributed by atoms with Crippen molar-refractivity contribution in [3.05, 3.63) is 0 Å². The highest BCUT2D eigenvalue weighted by molar-refractivity contribution is 5.85. The summed E-state index contributed by atoms with van der Waals surface area (Å²) in [5, 5.41) is 6.50. The molecule has 4 nitrogen and oxygen atoms in total. The van der Waals surface area contributed by atoms with Gasteiger partial charge in [-0.1, -0.05) is 34.6 Å². The Morgan fingerprint density at radius 2 is 1.48 bits per heavy atom. The van der Waals surface area contributed by atoms with Gasteiger partial charge < -0.3 is 10.6 Å². The number of hydrogen-bond acceptors (Lipinski definition) is 2. The van der Waals surface area contributed by atoms with Crippen LogP contribution in [0.5, 0.6) is 0 Å². The number of amides is 2. The molecule has 0 bridgehead atoms. The first-order valence-electron chi connectivity index (χ1n) is 9.17. The minimum atomic E-state index is -0.137. The van der Waals surface area contributed by atoms with Crippen LogP contribution in [0.1, 0.15) is 66.7 Å². The maximum Gasteiger partial charge on any atom is 0.226 e. The second kappa shape index (κ2) is 5.22. The van der Waals surface area contributed by atoms with E-state index in [0.717, 1.165) is 32.1 Å². The van der Waals surface area contributed by atoms with Gasteiger partial charge in [-0.3, -0.25) is 9.59 Å². The Labute approximate surface area is 140 Å². The summed E-state index contributed by atoms with van der Waals surface area (Å²) in [5.74, 6) is 1.15. The molecule has 0 aliphatic heterocycles. The Morgan fingerprint density at radius 3 is 2.00 bits per heavy atom. The van der Waals surface area contributed by atoms with Gasteiger partial charge in [0.05, 0.1) is 0 Å². The predicted octanol–water partition coefficient (Wildman–Crippen LogP) is 2.87. The van der Waals surface area contributed by atoms with Crippen LogP contribution in [0, 0.1) is 28.1 Å². The van der Waals surface area contributed by atoms with E-state index in [1.165, 1.54) is 0 Å². The molecule has 0 aromatic heterocycles. The molecule has 3 fully saturated rings. The van der Waals surface area contributed by atoms with Gasteiger partial charge in [0.25, 0.3) is 0 Å². The third kappa shape index (κ3) is 3.14. The fourth-order valence-corrected chi connectivity index (χ4v) is 4.21. The normalized spacial score (nSPS) is 35.4. The lowest BCUT2D eigenvalue weighted by Crippen LogP contribution is -2.49. The molecule has 0 aromatic rings. The zero-order chi connectivity index (χ0) is 17.0. The molecule has 2 amide bonds. The fraction of sp³-hybridized carbons (Fsp3) is 0.895. The van der Waals surface area contributed by atoms with E-state index in [9.17, 15) is 9.59 Å². The first-order chi connectivity index (χ1) is 10.6. The number of nitrogens with one attached hydrogen (secondary N) is 2. The maximum atomic E-state index is 12.5. The smallest absolute Gasteiger partial charge is 0.226 e. The van der Waals surface area contributed by atoms with Crippen LogP contribution >= 0.6 is 0 Å². The van der Waals surface area contributed by atoms with Crippen molar-refractivity contribution in [3.8, 4) is 0 Å². The number of carbonyl (C=O) groups is 2. The van der Waals surface area contributed by atoms with E-state index < -0.39 is 0 Å². The summed E-state index contributed by atoms with van der Waals surface area (Å²) in [7, 11) is 0. The molecule has 3 saturated carbocycles. The van der Waals surface area contributed by atoms with Crippen molar-refractivity contribution in [2.45, 2.75) is 72.8 Å². The lowest BCUT2D eigenvalue weighted by molar-refractivity contribution is -0.127. The average Bonchev–Trinajstić information content (AvgIpc) is 3.35. The number of rotatable bonds is 5. The molecule has 0 spiro atoms. The number of carbonyl (C=O) groups excluding carboxylic acids is 2. The summed E-state index contributed by atoms with van der Waals surface area (Å²) in [6, 6.07) is 0.169. The molecule has 130 valence electrons. The molecular weight excluding hydrogens is 288 g/mol. The minimum absolute atomic E-state index is 0.130. The minimum Gasteiger partial charge on any atom is -0.355 e. The van der Waals surface area contributed by atoms with Crippen molar-refractivity contribution in [2.24, 2.45) is 28.1 Å². The second-order valence-electron chi connectivity index (χ2n) is 9.61. The van der Waals surface area contributed by atoms with Gasteiger partial charge in [0.15, 0.2) is 0 Å². The van der Waals surface area contributed by atoms with E-state index in [1.807, 2.05) is 6.92 Å². The van der Waals surface area contributed by atoms with Gasteiger partial charge in [-0.05, 0) is 43.4 Å². The largest absolute Gasteiger partial charge is 0.355 e. The summed E-state index contributed by atoms with van der Waals surface area (Å²) in [6.07, 6.45) is 5.10. The van der Waals surface area contributed by atoms with Crippen LogP contribution in [0.3, 0.4) is 0 Å². The third-order valence-electron chi connectivity index (χ3n) is 6.78. The van der Waals surface area contributed by atoms with Crippen LogP contribution < -0.4 is 10.6 Å². The van der Waals surface area contributed by atoms with Crippen molar-refractivity contribution in [1.29, 1.82) is 0 Å². The first kappa shape index (κ1) is 16.8. The standard InChI is InChI=1S/C19H32N2O2/c1-12-10-17(2,3)13(11-20-15(22)18(4)6-7-18)14(12)21-16(23)19(5)8-9-19/h12-14H,6-11H2,1-5H3,(H,20,22)(H,21,23)/t12-,13+,14+/m1/s1. The molecule has 0 aromatic carbocycles. The Hall–Kier alpha value is -1.06. The van der Waals surface area contributed by atoms with Gasteiger partial charge in [-0.2, -0.15) is 0 Å². The quantitative estimate of drug-likeness (QED) is 0.818. The molecule has 3 rings (SSSR count). The molecule has 3 aliphatic rings. The molecule has 0 radical (unpaired) electrons. The van der Waals surface area contributed by atoms with Crippen LogP contribution in [-0.4, -0.2) is 24.4 Å². The van der Waals surface area contributed by atoms with Crippen LogP contribution in [0.2, 0.25) is 0 Å². The molecular formula is C19H32N2O2. The number of hydrogen-bond donors (Lipinski definition) is 2. The predicted molar refractivity (Wildman–Crippen MR) is 90.7 cm³/mol. The van der Waals surface area contributed by atoms with Crippen molar-refractivity contribution in [1.82, 2.24) is 10.6 Å². The molecule has 3 atom stereocenters. The molecule has 0 saturated heterocycles. The van der Waals surface area contributed by atoms with E-state index in [-0.39, 0.29) is 34.1 Å². The lowest BCUT2D eigenvalue weighted by Gasteiger charge is -2.32. The van der Waals surface area contributed by atoms with Crippen LogP contribution in [0.15, 0.2) is 0 Å². The van der Waals surface area contributed by atoms with Crippen molar-refractivity contribution < 1.29 is 9.59 Å². The highest BCUT2D eigenvalue weighted by Gasteiger charge is 2.51. The summed E-state index contributed by atoms with van der Waals surface area (Å²) < 4.78 is 0. The van der Waals surface area contributed by atoms with E-state index in [4.69, 9.17) is 0 Å². The summed E-state index contributed by atoms with van der Waals surface area (Å²) in [6.45, 7) is 11.5. The summed E-state index contributed by atoms with van der Waals surface area (Å²) >= 11 is 0. The van der Waals surface area contributed by atoms with Crippen molar-refractivity contribution in [2.75, 3.05) is 6.54 Å². The van der Waals surface area contributed by atoms with E-state index >= 15 is 0 Å². The molecule has 23 heavy (non-hydrogen) atoms. The molecule has 0 heterocycles. The van der Waals surface area contributed by atoms with Gasteiger partial charge in [0, 0.05) is 29.3 Å². The van der Waals surface area contributed by atoms with Crippen molar-refractivity contribution >= 4 is 11.8 Å². The zero-order valence-electron chi connectivity index (χ0n) is 15.3. The molecule has 2 N–H and O–H groups in total. The lowest BCUT2D eigenvalue weighted by atomic mass is 9.80. The van der Waals surface area contributed by atoms with E-state index in [1.54, 1.807) is 0 Å². The topological polar surface area (TPSA) is 58.2 Å². The van der Waals surface area contributed by atoms with E-state index in [0.29, 0.717) is 18.4 Å². The third-order valence-corrected chi connectivity index (χ3v) is 6.78. The van der Waals surface area contributed by atoms with Gasteiger partial charge >= 0.3 is 0 Å². The highest BCUT2D eigenvalue weighted by atomic mass is 16.2. The molecule has 3 aliphatic carbocycles. The Kier molecular flexibility index (Phi) is 3.81. The SMILES string of the molecule is C[C@@H]1CC(C)(C)[C@@H](CNC(=O)C2(C)CC2)[C@H]1NC(=O)C1(C)CC1. The second-order valence-corrected chi connectivity index (χ2v) is 9.61. The highest BCUT2D eigenvalue weighted by Crippen LogP contribution is 2.49. The zero-order valence-corrected chi connectivity index (χ0v) is 15.3. The average molecular weight is 320 g/mol. The fourth-order valence-electron chi connectivity index (χ4n) is 4.21. The monoisotopic (exact) mass is 320 g/mol. The Bertz CT molecular complexity index is 517. The van der Waals surface area contributed by atoms with E-state index in [2.05, 4.69) is 38.3 Å². The van der Waals surface area contributed by atoms with Crippen molar-refractivity contribution in [3.63, 3.8) is 0 Å². The van der Waals surface area contributed by atoms with Gasteiger partial charge in [-0.25, -0.2) is 0 Å². The maximum absolute atomic E-state index is 12.5. The summed E-state index contributed by atoms with van der Waals surface area (Å²) in [4.78, 5) is 24.8. The first-order valence-corrected chi connectivity index (χ1v) is 9.17. The summed E-state index contributed by atoms with van der Waals surface area (Å²) in [5.41, 5.74) is -0.129. The Morgan fingerprint density at radius 1 is 0.957 bits per heavy atom. The molecule has 4 heteroatoms. The Balaban J connectivity index is 1.65. The van der Waals surface area contributed by atoms with Crippen LogP contribution in [-0.2, 0) is 9.59 Å². The van der Waals surface area contributed by atoms with Crippen LogP contribution in [0.4, 0.5) is 0 Å². The van der Waals surface area contributed by atoms with Gasteiger partial charge in [0.1, 0.15) is 0 Å².